The van der Waals surface area contributed by atoms with Gasteiger partial charge in [0, 0.05) is 24.9 Å². The van der Waals surface area contributed by atoms with Crippen molar-refractivity contribution in [1.82, 2.24) is 14.8 Å². The van der Waals surface area contributed by atoms with Crippen molar-refractivity contribution in [3.05, 3.63) is 65.2 Å². The lowest BCUT2D eigenvalue weighted by Gasteiger charge is -2.08. The predicted molar refractivity (Wildman–Crippen MR) is 107 cm³/mol. The zero-order valence-corrected chi connectivity index (χ0v) is 16.6. The Labute approximate surface area is 171 Å². The molecule has 0 spiro atoms. The van der Waals surface area contributed by atoms with Crippen LogP contribution >= 0.6 is 23.4 Å². The van der Waals surface area contributed by atoms with Crippen molar-refractivity contribution in [3.8, 4) is 5.75 Å². The van der Waals surface area contributed by atoms with Crippen molar-refractivity contribution in [1.29, 1.82) is 0 Å². The van der Waals surface area contributed by atoms with E-state index in [1.165, 1.54) is 36.0 Å². The van der Waals surface area contributed by atoms with Gasteiger partial charge in [0.05, 0.1) is 5.02 Å². The molecular weight excluding hydrogens is 403 g/mol. The molecule has 146 valence electrons. The number of nitrogens with one attached hydrogen (secondary N) is 1. The highest BCUT2D eigenvalue weighted by Crippen LogP contribution is 2.24. The fourth-order valence-electron chi connectivity index (χ4n) is 2.29. The van der Waals surface area contributed by atoms with E-state index < -0.39 is 0 Å². The highest BCUT2D eigenvalue weighted by molar-refractivity contribution is 7.99. The van der Waals surface area contributed by atoms with Gasteiger partial charge in [0.25, 0.3) is 0 Å². The molecule has 6 nitrogen and oxygen atoms in total. The van der Waals surface area contributed by atoms with E-state index in [0.717, 1.165) is 0 Å². The van der Waals surface area contributed by atoms with Crippen LogP contribution in [-0.4, -0.2) is 26.4 Å². The van der Waals surface area contributed by atoms with Crippen LogP contribution in [0.15, 0.2) is 53.7 Å². The Morgan fingerprint density at radius 2 is 1.96 bits per heavy atom. The summed E-state index contributed by atoms with van der Waals surface area (Å²) in [5.41, 5.74) is 0.564. The topological polar surface area (TPSA) is 69.0 Å². The fraction of sp³-hybridized carbons (Fsp3) is 0.211. The number of nitrogens with zero attached hydrogens (tertiary/aromatic N) is 3. The quantitative estimate of drug-likeness (QED) is 0.550. The Hall–Kier alpha value is -2.58. The molecule has 0 saturated carbocycles. The molecule has 1 N–H and O–H groups in total. The third-order valence-electron chi connectivity index (χ3n) is 3.81. The summed E-state index contributed by atoms with van der Waals surface area (Å²) in [7, 11) is 1.84. The summed E-state index contributed by atoms with van der Waals surface area (Å²) in [4.78, 5) is 12.0. The summed E-state index contributed by atoms with van der Waals surface area (Å²) in [5, 5.41) is 12.2. The van der Waals surface area contributed by atoms with Crippen LogP contribution in [0, 0.1) is 5.82 Å². The van der Waals surface area contributed by atoms with Crippen molar-refractivity contribution in [2.24, 2.45) is 7.05 Å². The lowest BCUT2D eigenvalue weighted by atomic mass is 10.3. The molecule has 1 heterocycles. The van der Waals surface area contributed by atoms with Crippen molar-refractivity contribution >= 4 is 35.0 Å². The van der Waals surface area contributed by atoms with Gasteiger partial charge in [-0.1, -0.05) is 35.5 Å². The Balaban J connectivity index is 1.47. The molecule has 3 rings (SSSR count). The third kappa shape index (κ3) is 5.46. The van der Waals surface area contributed by atoms with Gasteiger partial charge in [0.15, 0.2) is 11.0 Å². The Kier molecular flexibility index (Phi) is 6.89. The maximum absolute atomic E-state index is 12.9. The van der Waals surface area contributed by atoms with E-state index in [1.54, 1.807) is 12.1 Å². The van der Waals surface area contributed by atoms with Gasteiger partial charge in [0.1, 0.15) is 18.2 Å². The molecule has 1 aromatic heterocycles. The van der Waals surface area contributed by atoms with E-state index in [1.807, 2.05) is 23.7 Å². The third-order valence-corrected chi connectivity index (χ3v) is 5.14. The molecule has 2 aromatic carbocycles. The highest BCUT2D eigenvalue weighted by atomic mass is 35.5. The first-order chi connectivity index (χ1) is 13.5. The number of halogens is 2. The predicted octanol–water partition coefficient (Wildman–Crippen LogP) is 4.31. The molecule has 0 aliphatic heterocycles. The second-order valence-corrected chi connectivity index (χ2v) is 7.30. The second kappa shape index (κ2) is 9.57. The molecule has 0 aliphatic rings. The second-order valence-electron chi connectivity index (χ2n) is 5.83. The van der Waals surface area contributed by atoms with Crippen LogP contribution in [-0.2, 0) is 18.4 Å². The molecule has 1 amide bonds. The number of benzene rings is 2. The Morgan fingerprint density at radius 1 is 1.21 bits per heavy atom. The Bertz CT molecular complexity index is 949. The summed E-state index contributed by atoms with van der Waals surface area (Å²) in [6.45, 7) is 0.235. The van der Waals surface area contributed by atoms with Gasteiger partial charge in [-0.3, -0.25) is 4.79 Å². The van der Waals surface area contributed by atoms with Crippen LogP contribution in [0.5, 0.6) is 5.75 Å². The molecule has 0 aliphatic carbocycles. The summed E-state index contributed by atoms with van der Waals surface area (Å²) in [6.07, 6.45) is 0.292. The zero-order valence-electron chi connectivity index (χ0n) is 15.1. The normalized spacial score (nSPS) is 10.7. The summed E-state index contributed by atoms with van der Waals surface area (Å²) in [6, 6.07) is 12.9. The van der Waals surface area contributed by atoms with E-state index in [0.29, 0.717) is 39.6 Å². The number of aromatic nitrogens is 3. The number of rotatable bonds is 8. The number of carbonyl (C=O) groups is 1. The van der Waals surface area contributed by atoms with Gasteiger partial charge in [-0.2, -0.15) is 0 Å². The minimum Gasteiger partial charge on any atom is -0.484 e. The zero-order chi connectivity index (χ0) is 19.9. The molecule has 0 bridgehead atoms. The first-order valence-electron chi connectivity index (χ1n) is 8.47. The number of carbonyl (C=O) groups excluding carboxylic acids is 1. The van der Waals surface area contributed by atoms with Crippen molar-refractivity contribution in [2.45, 2.75) is 18.2 Å². The smallest absolute Gasteiger partial charge is 0.225 e. The minimum atomic E-state index is -0.342. The average molecular weight is 421 g/mol. The molecule has 28 heavy (non-hydrogen) atoms. The van der Waals surface area contributed by atoms with Crippen molar-refractivity contribution in [2.75, 3.05) is 11.1 Å². The maximum atomic E-state index is 12.9. The summed E-state index contributed by atoms with van der Waals surface area (Å²) < 4.78 is 20.4. The maximum Gasteiger partial charge on any atom is 0.225 e. The number of ether oxygens (including phenoxy) is 1. The summed E-state index contributed by atoms with van der Waals surface area (Å²) >= 11 is 7.49. The number of thioether (sulfide) groups is 1. The fourth-order valence-corrected chi connectivity index (χ4v) is 3.35. The molecule has 9 heteroatoms. The van der Waals surface area contributed by atoms with Crippen LogP contribution in [0.4, 0.5) is 10.1 Å². The number of hydrogen-bond acceptors (Lipinski definition) is 5. The van der Waals surface area contributed by atoms with Crippen LogP contribution < -0.4 is 10.1 Å². The molecule has 0 radical (unpaired) electrons. The molecule has 0 unspecified atom stereocenters. The summed E-state index contributed by atoms with van der Waals surface area (Å²) in [5.74, 6) is 1.27. The van der Waals surface area contributed by atoms with Crippen molar-refractivity contribution in [3.63, 3.8) is 0 Å². The standard InChI is InChI=1S/C19H18ClFN4O2S/c1-25-17(12-27-16-5-3-2-4-15(16)20)23-24-19(25)28-11-10-18(26)22-14-8-6-13(21)7-9-14/h2-9H,10-12H2,1H3,(H,22,26). The molecular formula is C19H18ClFN4O2S. The number of amides is 1. The van der Waals surface area contributed by atoms with Gasteiger partial charge in [0.2, 0.25) is 5.91 Å². The SMILES string of the molecule is Cn1c(COc2ccccc2Cl)nnc1SCCC(=O)Nc1ccc(F)cc1. The van der Waals surface area contributed by atoms with Gasteiger partial charge >= 0.3 is 0 Å². The van der Waals surface area contributed by atoms with E-state index in [2.05, 4.69) is 15.5 Å². The average Bonchev–Trinajstić information content (AvgIpc) is 3.03. The van der Waals surface area contributed by atoms with E-state index in [-0.39, 0.29) is 18.3 Å². The molecule has 0 fully saturated rings. The van der Waals surface area contributed by atoms with Crippen LogP contribution in [0.2, 0.25) is 5.02 Å². The van der Waals surface area contributed by atoms with Gasteiger partial charge < -0.3 is 14.6 Å². The Morgan fingerprint density at radius 3 is 2.71 bits per heavy atom. The lowest BCUT2D eigenvalue weighted by Crippen LogP contribution is -2.12. The molecule has 3 aromatic rings. The number of anilines is 1. The largest absolute Gasteiger partial charge is 0.484 e. The van der Waals surface area contributed by atoms with Crippen LogP contribution in [0.3, 0.4) is 0 Å². The van der Waals surface area contributed by atoms with E-state index in [4.69, 9.17) is 16.3 Å². The lowest BCUT2D eigenvalue weighted by molar-refractivity contribution is -0.115. The number of hydrogen-bond donors (Lipinski definition) is 1. The van der Waals surface area contributed by atoms with Gasteiger partial charge in [-0.05, 0) is 36.4 Å². The van der Waals surface area contributed by atoms with Crippen LogP contribution in [0.1, 0.15) is 12.2 Å². The first-order valence-corrected chi connectivity index (χ1v) is 9.83. The molecule has 0 atom stereocenters. The van der Waals surface area contributed by atoms with E-state index >= 15 is 0 Å². The highest BCUT2D eigenvalue weighted by Gasteiger charge is 2.12. The van der Waals surface area contributed by atoms with Gasteiger partial charge in [-0.15, -0.1) is 10.2 Å². The van der Waals surface area contributed by atoms with Crippen molar-refractivity contribution < 1.29 is 13.9 Å². The van der Waals surface area contributed by atoms with E-state index in [9.17, 15) is 9.18 Å². The van der Waals surface area contributed by atoms with Crippen LogP contribution in [0.25, 0.3) is 0 Å². The molecule has 0 saturated heterocycles. The minimum absolute atomic E-state index is 0.149. The van der Waals surface area contributed by atoms with Gasteiger partial charge in [-0.25, -0.2) is 4.39 Å². The number of para-hydroxylation sites is 1. The monoisotopic (exact) mass is 420 g/mol. The first kappa shape index (κ1) is 20.2.